The van der Waals surface area contributed by atoms with Crippen molar-refractivity contribution >= 4 is 21.6 Å². The number of fused-ring (bicyclic) bond motifs is 1. The fourth-order valence-corrected chi connectivity index (χ4v) is 3.76. The highest BCUT2D eigenvalue weighted by Crippen LogP contribution is 2.26. The van der Waals surface area contributed by atoms with Crippen molar-refractivity contribution in [1.82, 2.24) is 10.3 Å². The van der Waals surface area contributed by atoms with Crippen molar-refractivity contribution in [3.8, 4) is 0 Å². The van der Waals surface area contributed by atoms with E-state index in [1.165, 1.54) is 35.6 Å². The Morgan fingerprint density at radius 1 is 1.39 bits per heavy atom. The van der Waals surface area contributed by atoms with E-state index in [9.17, 15) is 0 Å². The molecule has 0 saturated carbocycles. The zero-order chi connectivity index (χ0) is 12.4. The summed E-state index contributed by atoms with van der Waals surface area (Å²) in [7, 11) is 0. The molecule has 0 amide bonds. The molecular weight excluding hydrogens is 240 g/mol. The number of aryl methyl sites for hydroxylation is 1. The van der Waals surface area contributed by atoms with E-state index in [4.69, 9.17) is 4.98 Å². The van der Waals surface area contributed by atoms with E-state index in [1.54, 1.807) is 0 Å². The molecule has 2 nitrogen and oxygen atoms in total. The number of nitrogens with zero attached hydrogens (tertiary/aromatic N) is 1. The van der Waals surface area contributed by atoms with Gasteiger partial charge in [0.05, 0.1) is 15.2 Å². The average molecular weight is 260 g/mol. The third-order valence-corrected chi connectivity index (χ3v) is 5.15. The van der Waals surface area contributed by atoms with E-state index in [1.807, 2.05) is 11.3 Å². The van der Waals surface area contributed by atoms with Gasteiger partial charge in [-0.25, -0.2) is 4.98 Å². The van der Waals surface area contributed by atoms with E-state index in [0.717, 1.165) is 23.8 Å². The lowest BCUT2D eigenvalue weighted by molar-refractivity contribution is 0.260. The summed E-state index contributed by atoms with van der Waals surface area (Å²) in [6.45, 7) is 4.77. The van der Waals surface area contributed by atoms with Gasteiger partial charge in [0.15, 0.2) is 0 Å². The zero-order valence-corrected chi connectivity index (χ0v) is 11.7. The Balaban J connectivity index is 1.65. The van der Waals surface area contributed by atoms with Crippen molar-refractivity contribution in [1.29, 1.82) is 0 Å². The molecule has 0 aliphatic carbocycles. The van der Waals surface area contributed by atoms with Crippen LogP contribution in [0.25, 0.3) is 10.2 Å². The lowest BCUT2D eigenvalue weighted by atomic mass is 9.85. The maximum absolute atomic E-state index is 4.72. The second-order valence-electron chi connectivity index (χ2n) is 5.34. The molecule has 0 bridgehead atoms. The Bertz CT molecular complexity index is 487. The summed E-state index contributed by atoms with van der Waals surface area (Å²) in [5, 5.41) is 4.81. The number of hydrogen-bond donors (Lipinski definition) is 1. The molecule has 2 unspecified atom stereocenters. The minimum atomic E-state index is 0.825. The molecule has 3 rings (SSSR count). The standard InChI is InChI=1S/C15H20N2S/c1-11-8-9-16-10-12(11)6-7-15-17-13-4-2-3-5-14(13)18-15/h2-5,11-12,16H,6-10H2,1H3. The first-order valence-electron chi connectivity index (χ1n) is 6.88. The molecule has 96 valence electrons. The van der Waals surface area contributed by atoms with Gasteiger partial charge in [-0.3, -0.25) is 0 Å². The fraction of sp³-hybridized carbons (Fsp3) is 0.533. The van der Waals surface area contributed by atoms with Crippen LogP contribution >= 0.6 is 11.3 Å². The molecular formula is C15H20N2S. The molecule has 1 saturated heterocycles. The number of thiazole rings is 1. The van der Waals surface area contributed by atoms with Gasteiger partial charge in [-0.15, -0.1) is 11.3 Å². The van der Waals surface area contributed by atoms with E-state index >= 15 is 0 Å². The largest absolute Gasteiger partial charge is 0.316 e. The summed E-state index contributed by atoms with van der Waals surface area (Å²) in [6.07, 6.45) is 3.73. The third kappa shape index (κ3) is 2.57. The van der Waals surface area contributed by atoms with Gasteiger partial charge in [0.1, 0.15) is 0 Å². The summed E-state index contributed by atoms with van der Waals surface area (Å²) in [4.78, 5) is 4.72. The molecule has 3 heteroatoms. The Labute approximate surface area is 112 Å². The number of hydrogen-bond acceptors (Lipinski definition) is 3. The molecule has 1 aromatic heterocycles. The topological polar surface area (TPSA) is 24.9 Å². The predicted molar refractivity (Wildman–Crippen MR) is 78.1 cm³/mol. The molecule has 1 fully saturated rings. The monoisotopic (exact) mass is 260 g/mol. The van der Waals surface area contributed by atoms with Crippen LogP contribution in [0, 0.1) is 11.8 Å². The molecule has 2 aromatic rings. The summed E-state index contributed by atoms with van der Waals surface area (Å²) >= 11 is 1.86. The van der Waals surface area contributed by atoms with E-state index in [0.29, 0.717) is 0 Å². The van der Waals surface area contributed by atoms with Crippen LogP contribution in [0.3, 0.4) is 0 Å². The molecule has 0 spiro atoms. The summed E-state index contributed by atoms with van der Waals surface area (Å²) < 4.78 is 1.32. The lowest BCUT2D eigenvalue weighted by Crippen LogP contribution is -2.35. The number of aromatic nitrogens is 1. The van der Waals surface area contributed by atoms with Crippen molar-refractivity contribution < 1.29 is 0 Å². The average Bonchev–Trinajstić information content (AvgIpc) is 2.80. The van der Waals surface area contributed by atoms with Crippen molar-refractivity contribution in [2.45, 2.75) is 26.2 Å². The molecule has 0 radical (unpaired) electrons. The molecule has 2 atom stereocenters. The van der Waals surface area contributed by atoms with Gasteiger partial charge in [-0.05, 0) is 56.3 Å². The van der Waals surface area contributed by atoms with Crippen LogP contribution in [0.1, 0.15) is 24.8 Å². The number of piperidine rings is 1. The van der Waals surface area contributed by atoms with Gasteiger partial charge in [-0.1, -0.05) is 19.1 Å². The molecule has 18 heavy (non-hydrogen) atoms. The van der Waals surface area contributed by atoms with Crippen molar-refractivity contribution in [2.75, 3.05) is 13.1 Å². The third-order valence-electron chi connectivity index (χ3n) is 4.05. The van der Waals surface area contributed by atoms with Crippen LogP contribution < -0.4 is 5.32 Å². The summed E-state index contributed by atoms with van der Waals surface area (Å²) in [6, 6.07) is 8.44. The molecule has 1 aliphatic rings. The second-order valence-corrected chi connectivity index (χ2v) is 6.46. The van der Waals surface area contributed by atoms with Crippen molar-refractivity contribution in [3.05, 3.63) is 29.3 Å². The van der Waals surface area contributed by atoms with E-state index < -0.39 is 0 Å². The van der Waals surface area contributed by atoms with Crippen LogP contribution in [-0.4, -0.2) is 18.1 Å². The van der Waals surface area contributed by atoms with Crippen LogP contribution in [0.15, 0.2) is 24.3 Å². The molecule has 1 aliphatic heterocycles. The number of nitrogens with one attached hydrogen (secondary N) is 1. The Morgan fingerprint density at radius 2 is 2.28 bits per heavy atom. The Hall–Kier alpha value is -0.930. The highest BCUT2D eigenvalue weighted by atomic mass is 32.1. The van der Waals surface area contributed by atoms with Crippen LogP contribution in [0.4, 0.5) is 0 Å². The van der Waals surface area contributed by atoms with Gasteiger partial charge in [0.25, 0.3) is 0 Å². The SMILES string of the molecule is CC1CCNCC1CCc1nc2ccccc2s1. The Morgan fingerprint density at radius 3 is 3.11 bits per heavy atom. The highest BCUT2D eigenvalue weighted by Gasteiger charge is 2.20. The summed E-state index contributed by atoms with van der Waals surface area (Å²) in [5.74, 6) is 1.69. The second kappa shape index (κ2) is 5.37. The predicted octanol–water partition coefficient (Wildman–Crippen LogP) is 3.47. The van der Waals surface area contributed by atoms with Crippen LogP contribution in [0.5, 0.6) is 0 Å². The van der Waals surface area contributed by atoms with Gasteiger partial charge in [0.2, 0.25) is 0 Å². The van der Waals surface area contributed by atoms with Crippen LogP contribution in [-0.2, 0) is 6.42 Å². The van der Waals surface area contributed by atoms with Gasteiger partial charge in [0, 0.05) is 0 Å². The molecule has 1 N–H and O–H groups in total. The Kier molecular flexibility index (Phi) is 3.62. The maximum atomic E-state index is 4.72. The fourth-order valence-electron chi connectivity index (χ4n) is 2.78. The maximum Gasteiger partial charge on any atom is 0.0938 e. The summed E-state index contributed by atoms with van der Waals surface area (Å²) in [5.41, 5.74) is 1.16. The number of para-hydroxylation sites is 1. The molecule has 1 aromatic carbocycles. The lowest BCUT2D eigenvalue weighted by Gasteiger charge is -2.29. The minimum Gasteiger partial charge on any atom is -0.316 e. The van der Waals surface area contributed by atoms with E-state index in [-0.39, 0.29) is 0 Å². The van der Waals surface area contributed by atoms with Crippen molar-refractivity contribution in [3.63, 3.8) is 0 Å². The first kappa shape index (κ1) is 12.1. The van der Waals surface area contributed by atoms with Gasteiger partial charge >= 0.3 is 0 Å². The van der Waals surface area contributed by atoms with Crippen LogP contribution in [0.2, 0.25) is 0 Å². The first-order chi connectivity index (χ1) is 8.83. The van der Waals surface area contributed by atoms with E-state index in [2.05, 4.69) is 36.5 Å². The minimum absolute atomic E-state index is 0.825. The van der Waals surface area contributed by atoms with Crippen molar-refractivity contribution in [2.24, 2.45) is 11.8 Å². The normalized spacial score (nSPS) is 24.5. The molecule has 2 heterocycles. The smallest absolute Gasteiger partial charge is 0.0938 e. The van der Waals surface area contributed by atoms with Gasteiger partial charge < -0.3 is 5.32 Å². The quantitative estimate of drug-likeness (QED) is 0.914. The number of rotatable bonds is 3. The highest BCUT2D eigenvalue weighted by molar-refractivity contribution is 7.18. The number of benzene rings is 1. The first-order valence-corrected chi connectivity index (χ1v) is 7.70. The zero-order valence-electron chi connectivity index (χ0n) is 10.9. The van der Waals surface area contributed by atoms with Gasteiger partial charge in [-0.2, -0.15) is 0 Å².